The summed E-state index contributed by atoms with van der Waals surface area (Å²) in [6, 6.07) is 4.98. The highest BCUT2D eigenvalue weighted by Crippen LogP contribution is 2.18. The number of amides is 1. The normalized spacial score (nSPS) is 12.1. The van der Waals surface area contributed by atoms with Crippen LogP contribution in [0.1, 0.15) is 53.7 Å². The van der Waals surface area contributed by atoms with Crippen LogP contribution in [0.15, 0.2) is 23.4 Å². The van der Waals surface area contributed by atoms with Gasteiger partial charge in [0.15, 0.2) is 0 Å². The van der Waals surface area contributed by atoms with Gasteiger partial charge in [0.2, 0.25) is 0 Å². The van der Waals surface area contributed by atoms with E-state index in [0.717, 1.165) is 0 Å². The molecule has 0 aliphatic heterocycles. The molecule has 0 saturated heterocycles. The number of nitrogens with zero attached hydrogens (tertiary/aromatic N) is 2. The lowest BCUT2D eigenvalue weighted by molar-refractivity contribution is -0.145. The largest absolute Gasteiger partial charge is 0.444 e. The number of hydrogen-bond acceptors (Lipinski definition) is 6. The highest BCUT2D eigenvalue weighted by atomic mass is 16.7. The minimum atomic E-state index is -0.597. The second-order valence-electron chi connectivity index (χ2n) is 7.51. The molecule has 1 amide bonds. The number of pyridine rings is 1. The lowest BCUT2D eigenvalue weighted by atomic mass is 9.93. The molecule has 0 spiro atoms. The Hall–Kier alpha value is -2.44. The van der Waals surface area contributed by atoms with Crippen molar-refractivity contribution in [2.45, 2.75) is 53.6 Å². The van der Waals surface area contributed by atoms with E-state index in [0.29, 0.717) is 11.5 Å². The monoisotopic (exact) mass is 335 g/mol. The summed E-state index contributed by atoms with van der Waals surface area (Å²) in [5.74, 6) is -0.101. The zero-order chi connectivity index (χ0) is 18.4. The van der Waals surface area contributed by atoms with Gasteiger partial charge >= 0.3 is 12.1 Å². The van der Waals surface area contributed by atoms with Crippen molar-refractivity contribution in [3.63, 3.8) is 0 Å². The van der Waals surface area contributed by atoms with Gasteiger partial charge in [0.05, 0.1) is 18.3 Å². The van der Waals surface area contributed by atoms with Crippen LogP contribution in [0.2, 0.25) is 0 Å². The average Bonchev–Trinajstić information content (AvgIpc) is 2.34. The van der Waals surface area contributed by atoms with E-state index in [2.05, 4.69) is 15.5 Å². The molecule has 0 bridgehead atoms. The average molecular weight is 335 g/mol. The Bertz CT molecular complexity index is 613. The third kappa shape index (κ3) is 8.87. The number of oxime groups is 1. The molecule has 0 saturated carbocycles. The number of carbonyl (C=O) groups is 2. The fraction of sp³-hybridized carbons (Fsp3) is 0.529. The molecule has 1 N–H and O–H groups in total. The Morgan fingerprint density at radius 1 is 1.21 bits per heavy atom. The summed E-state index contributed by atoms with van der Waals surface area (Å²) in [6.45, 7) is 11.1. The zero-order valence-electron chi connectivity index (χ0n) is 15.0. The maximum Gasteiger partial charge on any atom is 0.413 e. The van der Waals surface area contributed by atoms with Crippen molar-refractivity contribution < 1.29 is 19.2 Å². The van der Waals surface area contributed by atoms with E-state index in [1.165, 1.54) is 6.21 Å². The van der Waals surface area contributed by atoms with E-state index in [4.69, 9.17) is 9.57 Å². The van der Waals surface area contributed by atoms with E-state index < -0.39 is 17.7 Å². The van der Waals surface area contributed by atoms with Crippen molar-refractivity contribution in [2.75, 3.05) is 5.32 Å². The molecule has 1 aromatic rings. The van der Waals surface area contributed by atoms with Gasteiger partial charge in [-0.1, -0.05) is 32.0 Å². The number of hydrogen-bond donors (Lipinski definition) is 1. The van der Waals surface area contributed by atoms with Crippen molar-refractivity contribution in [3.05, 3.63) is 23.9 Å². The third-order valence-corrected chi connectivity index (χ3v) is 2.41. The lowest BCUT2D eigenvalue weighted by Crippen LogP contribution is -2.27. The summed E-state index contributed by atoms with van der Waals surface area (Å²) >= 11 is 0. The highest BCUT2D eigenvalue weighted by Gasteiger charge is 2.17. The maximum absolute atomic E-state index is 11.7. The Morgan fingerprint density at radius 3 is 2.46 bits per heavy atom. The Labute approximate surface area is 142 Å². The van der Waals surface area contributed by atoms with E-state index in [1.54, 1.807) is 39.0 Å². The first-order valence-corrected chi connectivity index (χ1v) is 7.65. The minimum absolute atomic E-state index is 0.165. The molecule has 24 heavy (non-hydrogen) atoms. The van der Waals surface area contributed by atoms with Gasteiger partial charge in [-0.15, -0.1) is 0 Å². The zero-order valence-corrected chi connectivity index (χ0v) is 15.0. The topological polar surface area (TPSA) is 89.9 Å². The summed E-state index contributed by atoms with van der Waals surface area (Å²) in [6.07, 6.45) is 0.972. The van der Waals surface area contributed by atoms with E-state index >= 15 is 0 Å². The number of rotatable bonds is 4. The van der Waals surface area contributed by atoms with Gasteiger partial charge in [0, 0.05) is 0 Å². The lowest BCUT2D eigenvalue weighted by Gasteiger charge is -2.19. The molecule has 0 aromatic carbocycles. The Kier molecular flexibility index (Phi) is 6.45. The van der Waals surface area contributed by atoms with Crippen molar-refractivity contribution in [1.82, 2.24) is 4.98 Å². The molecule has 1 rings (SSSR count). The Balaban J connectivity index is 2.61. The molecule has 0 aliphatic carbocycles. The fourth-order valence-electron chi connectivity index (χ4n) is 1.61. The SMILES string of the molecule is CC(C)(C)CC(=O)ON=Cc1cccc(NC(=O)OC(C)(C)C)n1. The minimum Gasteiger partial charge on any atom is -0.444 e. The molecule has 0 aliphatic rings. The molecular weight excluding hydrogens is 310 g/mol. The first kappa shape index (κ1) is 19.6. The van der Waals surface area contributed by atoms with E-state index in [-0.39, 0.29) is 11.8 Å². The molecule has 1 aromatic heterocycles. The van der Waals surface area contributed by atoms with Gasteiger partial charge in [-0.25, -0.2) is 14.6 Å². The number of aromatic nitrogens is 1. The highest BCUT2D eigenvalue weighted by molar-refractivity contribution is 5.85. The summed E-state index contributed by atoms with van der Waals surface area (Å²) in [5.41, 5.74) is -0.320. The Morgan fingerprint density at radius 2 is 1.88 bits per heavy atom. The molecule has 7 heteroatoms. The van der Waals surface area contributed by atoms with Gasteiger partial charge in [-0.2, -0.15) is 0 Å². The predicted octanol–water partition coefficient (Wildman–Crippen LogP) is 3.74. The van der Waals surface area contributed by atoms with Crippen molar-refractivity contribution in [2.24, 2.45) is 10.6 Å². The van der Waals surface area contributed by atoms with Gasteiger partial charge < -0.3 is 9.57 Å². The third-order valence-electron chi connectivity index (χ3n) is 2.41. The first-order valence-electron chi connectivity index (χ1n) is 7.65. The quantitative estimate of drug-likeness (QED) is 0.514. The predicted molar refractivity (Wildman–Crippen MR) is 91.9 cm³/mol. The molecule has 7 nitrogen and oxygen atoms in total. The molecule has 132 valence electrons. The van der Waals surface area contributed by atoms with Crippen LogP contribution in [0, 0.1) is 5.41 Å². The fourth-order valence-corrected chi connectivity index (χ4v) is 1.61. The smallest absolute Gasteiger partial charge is 0.413 e. The van der Waals surface area contributed by atoms with Crippen LogP contribution in [0.4, 0.5) is 10.6 Å². The summed E-state index contributed by atoms with van der Waals surface area (Å²) in [7, 11) is 0. The maximum atomic E-state index is 11.7. The standard InChI is InChI=1S/C17H25N3O4/c1-16(2,3)10-14(21)24-18-11-12-8-7-9-13(19-12)20-15(22)23-17(4,5)6/h7-9,11H,10H2,1-6H3,(H,19,20,22). The van der Waals surface area contributed by atoms with Crippen LogP contribution < -0.4 is 5.32 Å². The van der Waals surface area contributed by atoms with Crippen LogP contribution >= 0.6 is 0 Å². The number of anilines is 1. The molecule has 0 atom stereocenters. The van der Waals surface area contributed by atoms with Crippen LogP contribution in [0.3, 0.4) is 0 Å². The summed E-state index contributed by atoms with van der Waals surface area (Å²) in [4.78, 5) is 32.2. The second-order valence-corrected chi connectivity index (χ2v) is 7.51. The molecule has 0 fully saturated rings. The van der Waals surface area contributed by atoms with E-state index in [1.807, 2.05) is 20.8 Å². The van der Waals surface area contributed by atoms with Crippen molar-refractivity contribution in [3.8, 4) is 0 Å². The van der Waals surface area contributed by atoms with Crippen LogP contribution in [0.5, 0.6) is 0 Å². The number of nitrogens with one attached hydrogen (secondary N) is 1. The number of ether oxygens (including phenoxy) is 1. The van der Waals surface area contributed by atoms with Crippen LogP contribution in [0.25, 0.3) is 0 Å². The van der Waals surface area contributed by atoms with E-state index in [9.17, 15) is 9.59 Å². The van der Waals surface area contributed by atoms with Crippen molar-refractivity contribution in [1.29, 1.82) is 0 Å². The van der Waals surface area contributed by atoms with Crippen LogP contribution in [-0.2, 0) is 14.4 Å². The second kappa shape index (κ2) is 7.90. The molecular formula is C17H25N3O4. The molecule has 0 unspecified atom stereocenters. The van der Waals surface area contributed by atoms with Gasteiger partial charge in [-0.3, -0.25) is 5.32 Å². The van der Waals surface area contributed by atoms with Crippen molar-refractivity contribution >= 4 is 24.1 Å². The van der Waals surface area contributed by atoms with Gasteiger partial charge in [-0.05, 0) is 38.3 Å². The first-order chi connectivity index (χ1) is 10.9. The van der Waals surface area contributed by atoms with Crippen LogP contribution in [-0.4, -0.2) is 28.9 Å². The summed E-state index contributed by atoms with van der Waals surface area (Å²) in [5, 5.41) is 6.15. The number of carbonyl (C=O) groups excluding carboxylic acids is 2. The molecule has 0 radical (unpaired) electrons. The molecule has 1 heterocycles. The van der Waals surface area contributed by atoms with Gasteiger partial charge in [0.25, 0.3) is 0 Å². The summed E-state index contributed by atoms with van der Waals surface area (Å²) < 4.78 is 5.15. The van der Waals surface area contributed by atoms with Gasteiger partial charge in [0.1, 0.15) is 11.4 Å².